The van der Waals surface area contributed by atoms with Crippen molar-refractivity contribution >= 4 is 19.8 Å². The van der Waals surface area contributed by atoms with E-state index in [1.54, 1.807) is 0 Å². The number of esters is 2. The first-order valence-electron chi connectivity index (χ1n) is 30.9. The first kappa shape index (κ1) is 73.7. The predicted octanol–water partition coefficient (Wildman–Crippen LogP) is 4.93. The van der Waals surface area contributed by atoms with Crippen LogP contribution >= 0.6 is 7.82 Å². The first-order valence-corrected chi connectivity index (χ1v) is 32.4. The highest BCUT2D eigenvalue weighted by molar-refractivity contribution is 7.47. The van der Waals surface area contributed by atoms with E-state index >= 15 is 0 Å². The smallest absolute Gasteiger partial charge is 0.462 e. The minimum absolute atomic E-state index is 0.0246. The van der Waals surface area contributed by atoms with Gasteiger partial charge >= 0.3 is 19.8 Å². The van der Waals surface area contributed by atoms with Crippen LogP contribution in [0.4, 0.5) is 0 Å². The second-order valence-corrected chi connectivity index (χ2v) is 24.0. The van der Waals surface area contributed by atoms with Crippen LogP contribution in [0.25, 0.3) is 0 Å². The zero-order valence-electron chi connectivity index (χ0n) is 48.6. The molecule has 81 heavy (non-hydrogen) atoms. The summed E-state index contributed by atoms with van der Waals surface area (Å²) >= 11 is 0. The third-order valence-corrected chi connectivity index (χ3v) is 16.7. The maximum Gasteiger partial charge on any atom is 0.472 e. The molecule has 0 radical (unpaired) electrons. The average Bonchev–Trinajstić information content (AvgIpc) is 3.48. The van der Waals surface area contributed by atoms with E-state index in [1.807, 2.05) is 0 Å². The molecule has 18 atom stereocenters. The van der Waals surface area contributed by atoms with Gasteiger partial charge in [0.2, 0.25) is 0 Å². The molecule has 12 N–H and O–H groups in total. The number of aliphatic hydroxyl groups is 11. The van der Waals surface area contributed by atoms with Crippen molar-refractivity contribution in [3.63, 3.8) is 0 Å². The summed E-state index contributed by atoms with van der Waals surface area (Å²) in [6, 6.07) is 0. The lowest BCUT2D eigenvalue weighted by Gasteiger charge is -2.49. The standard InChI is InChI=1S/C57H107O23P/c1-3-5-7-9-11-13-15-17-19-21-23-25-27-29-31-33-42(60)73-37-39(75-43(61)34-32-30-28-26-24-22-20-18-16-14-12-10-8-6-4-2)38-74-81(71,72)80-55-53(78-56-51(69)46(64)44(62)40(35-58)76-56)49(67)48(66)50(68)54(55)79-57-52(70)47(65)45(63)41(36-59)77-57/h39-41,44-59,62-70H,3-38H2,1-2H3,(H,71,72)/t39-,40-,41-,44-,45-,46+,47+,48?,49-,50+,51+,52+,53-,54-,55?,56-,57-/m1/s1. The van der Waals surface area contributed by atoms with Gasteiger partial charge in [-0.05, 0) is 12.8 Å². The van der Waals surface area contributed by atoms with Gasteiger partial charge in [0.15, 0.2) is 18.7 Å². The van der Waals surface area contributed by atoms with E-state index in [1.165, 1.54) is 122 Å². The number of hydrogen-bond acceptors (Lipinski definition) is 22. The topological polar surface area (TPSA) is 368 Å². The molecule has 2 aliphatic heterocycles. The fraction of sp³-hybridized carbons (Fsp3) is 0.965. The Morgan fingerprint density at radius 2 is 0.741 bits per heavy atom. The molecular formula is C57H107O23P. The number of ether oxygens (including phenoxy) is 6. The van der Waals surface area contributed by atoms with Gasteiger partial charge in [0.25, 0.3) is 0 Å². The lowest BCUT2D eigenvalue weighted by atomic mass is 9.84. The van der Waals surface area contributed by atoms with Crippen molar-refractivity contribution in [2.45, 2.75) is 323 Å². The predicted molar refractivity (Wildman–Crippen MR) is 296 cm³/mol. The Morgan fingerprint density at radius 1 is 0.420 bits per heavy atom. The molecule has 0 spiro atoms. The molecule has 0 aromatic heterocycles. The van der Waals surface area contributed by atoms with Gasteiger partial charge < -0.3 is 89.5 Å². The fourth-order valence-electron chi connectivity index (χ4n) is 10.5. The van der Waals surface area contributed by atoms with Crippen LogP contribution in [-0.4, -0.2) is 204 Å². The van der Waals surface area contributed by atoms with E-state index in [4.69, 9.17) is 37.5 Å². The highest BCUT2D eigenvalue weighted by atomic mass is 31.2. The second-order valence-electron chi connectivity index (χ2n) is 22.6. The second kappa shape index (κ2) is 42.3. The number of rotatable bonds is 46. The van der Waals surface area contributed by atoms with Crippen molar-refractivity contribution in [2.75, 3.05) is 26.4 Å². The number of unbranched alkanes of at least 4 members (excludes halogenated alkanes) is 28. The van der Waals surface area contributed by atoms with Crippen LogP contribution < -0.4 is 0 Å². The van der Waals surface area contributed by atoms with Gasteiger partial charge in [-0.1, -0.05) is 194 Å². The van der Waals surface area contributed by atoms with E-state index in [0.29, 0.717) is 12.8 Å². The third-order valence-electron chi connectivity index (χ3n) is 15.7. The summed E-state index contributed by atoms with van der Waals surface area (Å²) in [6.07, 6.45) is -0.726. The number of phosphoric ester groups is 1. The molecule has 3 aliphatic rings. The van der Waals surface area contributed by atoms with Gasteiger partial charge in [0.1, 0.15) is 92.1 Å². The van der Waals surface area contributed by atoms with Crippen LogP contribution in [0.3, 0.4) is 0 Å². The summed E-state index contributed by atoms with van der Waals surface area (Å²) in [5, 5.41) is 117. The first-order chi connectivity index (χ1) is 38.9. The summed E-state index contributed by atoms with van der Waals surface area (Å²) in [5.41, 5.74) is 0. The van der Waals surface area contributed by atoms with E-state index in [-0.39, 0.29) is 12.8 Å². The highest BCUT2D eigenvalue weighted by Crippen LogP contribution is 2.49. The maximum absolute atomic E-state index is 14.0. The number of aliphatic hydroxyl groups excluding tert-OH is 11. The normalized spacial score (nSPS) is 30.9. The molecule has 0 amide bonds. The van der Waals surface area contributed by atoms with Crippen molar-refractivity contribution in [2.24, 2.45) is 0 Å². The van der Waals surface area contributed by atoms with E-state index < -0.39 is 150 Å². The minimum Gasteiger partial charge on any atom is -0.462 e. The molecule has 23 nitrogen and oxygen atoms in total. The summed E-state index contributed by atoms with van der Waals surface area (Å²) < 4.78 is 58.2. The molecule has 0 bridgehead atoms. The largest absolute Gasteiger partial charge is 0.472 e. The number of hydrogen-bond donors (Lipinski definition) is 12. The van der Waals surface area contributed by atoms with E-state index in [0.717, 1.165) is 57.8 Å². The Labute approximate surface area is 480 Å². The molecule has 3 unspecified atom stereocenters. The lowest BCUT2D eigenvalue weighted by Crippen LogP contribution is -2.69. The molecule has 0 aromatic rings. The maximum atomic E-state index is 14.0. The van der Waals surface area contributed by atoms with Gasteiger partial charge in [-0.3, -0.25) is 18.6 Å². The molecule has 2 heterocycles. The fourth-order valence-corrected chi connectivity index (χ4v) is 11.5. The Bertz CT molecular complexity index is 1610. The number of phosphoric acid groups is 1. The average molecular weight is 1190 g/mol. The lowest BCUT2D eigenvalue weighted by molar-refractivity contribution is -0.360. The van der Waals surface area contributed by atoms with E-state index in [9.17, 15) is 75.2 Å². The molecular weight excluding hydrogens is 1080 g/mol. The summed E-state index contributed by atoms with van der Waals surface area (Å²) in [4.78, 5) is 37.6. The summed E-state index contributed by atoms with van der Waals surface area (Å²) in [5.74, 6) is -1.32. The van der Waals surface area contributed by atoms with Crippen molar-refractivity contribution < 1.29 is 113 Å². The van der Waals surface area contributed by atoms with Gasteiger partial charge in [-0.2, -0.15) is 0 Å². The molecule has 3 fully saturated rings. The zero-order valence-corrected chi connectivity index (χ0v) is 49.5. The van der Waals surface area contributed by atoms with Crippen molar-refractivity contribution in [1.82, 2.24) is 0 Å². The molecule has 0 aromatic carbocycles. The summed E-state index contributed by atoms with van der Waals surface area (Å²) in [7, 11) is -5.63. The van der Waals surface area contributed by atoms with Gasteiger partial charge in [0, 0.05) is 12.8 Å². The van der Waals surface area contributed by atoms with Crippen LogP contribution in [-0.2, 0) is 51.6 Å². The van der Waals surface area contributed by atoms with Crippen molar-refractivity contribution in [1.29, 1.82) is 0 Å². The molecule has 2 saturated heterocycles. The number of carbonyl (C=O) groups is 2. The molecule has 1 saturated carbocycles. The Kier molecular flexibility index (Phi) is 38.5. The zero-order chi connectivity index (χ0) is 59.6. The Hall–Kier alpha value is -1.55. The Balaban J connectivity index is 1.68. The minimum atomic E-state index is -5.63. The molecule has 3 rings (SSSR count). The van der Waals surface area contributed by atoms with E-state index in [2.05, 4.69) is 13.8 Å². The van der Waals surface area contributed by atoms with Gasteiger partial charge in [0.05, 0.1) is 19.8 Å². The third kappa shape index (κ3) is 27.8. The molecule has 478 valence electrons. The number of carbonyl (C=O) groups excluding carboxylic acids is 2. The highest BCUT2D eigenvalue weighted by Gasteiger charge is 2.58. The van der Waals surface area contributed by atoms with Crippen LogP contribution in [0.5, 0.6) is 0 Å². The van der Waals surface area contributed by atoms with Gasteiger partial charge in [-0.15, -0.1) is 0 Å². The van der Waals surface area contributed by atoms with Crippen LogP contribution in [0.15, 0.2) is 0 Å². The van der Waals surface area contributed by atoms with Crippen LogP contribution in [0, 0.1) is 0 Å². The van der Waals surface area contributed by atoms with Gasteiger partial charge in [-0.25, -0.2) is 4.57 Å². The Morgan fingerprint density at radius 3 is 1.09 bits per heavy atom. The quantitative estimate of drug-likeness (QED) is 0.0218. The molecule has 24 heteroatoms. The van der Waals surface area contributed by atoms with Crippen molar-refractivity contribution in [3.8, 4) is 0 Å². The van der Waals surface area contributed by atoms with Crippen LogP contribution in [0.1, 0.15) is 219 Å². The van der Waals surface area contributed by atoms with Crippen LogP contribution in [0.2, 0.25) is 0 Å². The van der Waals surface area contributed by atoms with Crippen molar-refractivity contribution in [3.05, 3.63) is 0 Å². The summed E-state index contributed by atoms with van der Waals surface area (Å²) in [6.45, 7) is 1.04. The SMILES string of the molecule is CCCCCCCCCCCCCCCCCC(=O)OC[C@H](COP(=O)(O)OC1[C@H](O[C@H]2O[C@H](CO)[C@@H](O)[C@H](O)[C@@H]2O)[C@H](O)C(O)[C@H](O)[C@H]1O[C@H]1O[C@H](CO)[C@@H](O)[C@H](O)[C@@H]1O)OC(=O)CCCCCCCCCCCCCCCCC. The monoisotopic (exact) mass is 1190 g/mol. The molecule has 1 aliphatic carbocycles.